The molecule has 3 aromatic carbocycles. The molecule has 0 radical (unpaired) electrons. The molecule has 0 saturated heterocycles. The van der Waals surface area contributed by atoms with Crippen molar-refractivity contribution >= 4 is 29.2 Å². The van der Waals surface area contributed by atoms with Crippen LogP contribution in [0.5, 0.6) is 11.5 Å². The van der Waals surface area contributed by atoms with Gasteiger partial charge in [0.15, 0.2) is 6.61 Å². The quantitative estimate of drug-likeness (QED) is 0.368. The van der Waals surface area contributed by atoms with Gasteiger partial charge in [0.05, 0.1) is 0 Å². The van der Waals surface area contributed by atoms with Gasteiger partial charge in [0, 0.05) is 24.2 Å². The third kappa shape index (κ3) is 8.62. The van der Waals surface area contributed by atoms with Crippen LogP contribution in [0.15, 0.2) is 66.7 Å². The third-order valence-corrected chi connectivity index (χ3v) is 5.20. The first-order valence-corrected chi connectivity index (χ1v) is 11.5. The Bertz CT molecular complexity index is 1170. The monoisotopic (exact) mass is 474 g/mol. The number of aryl methyl sites for hydroxylation is 3. The Balaban J connectivity index is 1.33. The van der Waals surface area contributed by atoms with Gasteiger partial charge in [-0.05, 0) is 75.2 Å². The fraction of sp³-hybridized carbons (Fsp3) is 0.250. The smallest absolute Gasteiger partial charge is 0.306 e. The Morgan fingerprint density at radius 3 is 2.00 bits per heavy atom. The number of nitrogens with one attached hydrogen (secondary N) is 2. The molecule has 182 valence electrons. The van der Waals surface area contributed by atoms with Gasteiger partial charge in [-0.25, -0.2) is 0 Å². The van der Waals surface area contributed by atoms with Crippen LogP contribution in [-0.2, 0) is 19.1 Å². The fourth-order valence-electron chi connectivity index (χ4n) is 3.32. The van der Waals surface area contributed by atoms with Crippen LogP contribution in [0.4, 0.5) is 11.4 Å². The first-order chi connectivity index (χ1) is 16.8. The topological polar surface area (TPSA) is 93.7 Å². The summed E-state index contributed by atoms with van der Waals surface area (Å²) in [7, 11) is 0. The van der Waals surface area contributed by atoms with Crippen LogP contribution in [-0.4, -0.2) is 24.4 Å². The summed E-state index contributed by atoms with van der Waals surface area (Å²) in [5, 5.41) is 5.51. The second kappa shape index (κ2) is 12.4. The Kier molecular flexibility index (Phi) is 9.01. The molecule has 2 amide bonds. The molecule has 0 fully saturated rings. The van der Waals surface area contributed by atoms with E-state index in [-0.39, 0.29) is 25.4 Å². The normalized spacial score (nSPS) is 10.4. The number of esters is 1. The Hall–Kier alpha value is -4.13. The molecule has 3 rings (SSSR count). The van der Waals surface area contributed by atoms with E-state index in [9.17, 15) is 14.4 Å². The molecule has 0 heterocycles. The Morgan fingerprint density at radius 2 is 1.34 bits per heavy atom. The van der Waals surface area contributed by atoms with Crippen molar-refractivity contribution in [3.05, 3.63) is 83.4 Å². The van der Waals surface area contributed by atoms with E-state index in [1.807, 2.05) is 63.2 Å². The molecule has 35 heavy (non-hydrogen) atoms. The minimum atomic E-state index is -0.522. The lowest BCUT2D eigenvalue weighted by Gasteiger charge is -2.10. The molecule has 0 aliphatic heterocycles. The Labute approximate surface area is 205 Å². The lowest BCUT2D eigenvalue weighted by Crippen LogP contribution is -2.21. The molecule has 0 aliphatic rings. The third-order valence-electron chi connectivity index (χ3n) is 5.20. The van der Waals surface area contributed by atoms with Crippen LogP contribution in [0.2, 0.25) is 0 Å². The number of hydrogen-bond acceptors (Lipinski definition) is 5. The van der Waals surface area contributed by atoms with E-state index >= 15 is 0 Å². The maximum Gasteiger partial charge on any atom is 0.306 e. The lowest BCUT2D eigenvalue weighted by molar-refractivity contribution is -0.147. The predicted molar refractivity (Wildman–Crippen MR) is 136 cm³/mol. The molecular formula is C28H30N2O5. The fourth-order valence-corrected chi connectivity index (χ4v) is 3.32. The SMILES string of the molecule is Cc1ccc(Oc2ccc(NC(=O)CCCC(=O)OCC(=O)Nc3ccc(C)cc3C)cc2)cc1. The van der Waals surface area contributed by atoms with Gasteiger partial charge in [0.25, 0.3) is 5.91 Å². The summed E-state index contributed by atoms with van der Waals surface area (Å²) in [5.74, 6) is 0.264. The van der Waals surface area contributed by atoms with Gasteiger partial charge in [0.1, 0.15) is 11.5 Å². The average Bonchev–Trinajstić information content (AvgIpc) is 2.82. The predicted octanol–water partition coefficient (Wildman–Crippen LogP) is 5.69. The molecular weight excluding hydrogens is 444 g/mol. The minimum Gasteiger partial charge on any atom is -0.457 e. The summed E-state index contributed by atoms with van der Waals surface area (Å²) in [6.07, 6.45) is 0.525. The number of anilines is 2. The van der Waals surface area contributed by atoms with Crippen molar-refractivity contribution in [1.82, 2.24) is 0 Å². The van der Waals surface area contributed by atoms with Crippen LogP contribution in [0.3, 0.4) is 0 Å². The molecule has 0 aromatic heterocycles. The second-order valence-electron chi connectivity index (χ2n) is 8.37. The maximum absolute atomic E-state index is 12.2. The summed E-state index contributed by atoms with van der Waals surface area (Å²) in [6, 6.07) is 20.5. The lowest BCUT2D eigenvalue weighted by atomic mass is 10.1. The highest BCUT2D eigenvalue weighted by atomic mass is 16.5. The van der Waals surface area contributed by atoms with Crippen LogP contribution in [0.1, 0.15) is 36.0 Å². The number of ether oxygens (including phenoxy) is 2. The standard InChI is InChI=1S/C28H30N2O5/c1-19-7-12-23(13-8-19)35-24-14-10-22(11-15-24)29-26(31)5-4-6-28(33)34-18-27(32)30-25-16-9-20(2)17-21(25)3/h7-17H,4-6,18H2,1-3H3,(H,29,31)(H,30,32). The van der Waals surface area contributed by atoms with E-state index in [0.717, 1.165) is 22.4 Å². The van der Waals surface area contributed by atoms with Crippen molar-refractivity contribution in [2.75, 3.05) is 17.2 Å². The van der Waals surface area contributed by atoms with E-state index < -0.39 is 11.9 Å². The van der Waals surface area contributed by atoms with Gasteiger partial charge in [-0.3, -0.25) is 14.4 Å². The van der Waals surface area contributed by atoms with Crippen molar-refractivity contribution in [2.24, 2.45) is 0 Å². The van der Waals surface area contributed by atoms with Gasteiger partial charge in [0.2, 0.25) is 5.91 Å². The van der Waals surface area contributed by atoms with Crippen molar-refractivity contribution in [1.29, 1.82) is 0 Å². The largest absolute Gasteiger partial charge is 0.457 e. The van der Waals surface area contributed by atoms with Crippen molar-refractivity contribution in [2.45, 2.75) is 40.0 Å². The zero-order valence-corrected chi connectivity index (χ0v) is 20.2. The van der Waals surface area contributed by atoms with E-state index in [4.69, 9.17) is 9.47 Å². The van der Waals surface area contributed by atoms with Crippen molar-refractivity contribution in [3.63, 3.8) is 0 Å². The highest BCUT2D eigenvalue weighted by Gasteiger charge is 2.11. The second-order valence-corrected chi connectivity index (χ2v) is 8.37. The molecule has 7 nitrogen and oxygen atoms in total. The molecule has 2 N–H and O–H groups in total. The summed E-state index contributed by atoms with van der Waals surface area (Å²) in [5.41, 5.74) is 4.51. The number of hydrogen-bond donors (Lipinski definition) is 2. The number of carbonyl (C=O) groups excluding carboxylic acids is 3. The highest BCUT2D eigenvalue weighted by Crippen LogP contribution is 2.23. The van der Waals surface area contributed by atoms with Gasteiger partial charge < -0.3 is 20.1 Å². The van der Waals surface area contributed by atoms with E-state index in [1.54, 1.807) is 24.3 Å². The summed E-state index contributed by atoms with van der Waals surface area (Å²) in [6.45, 7) is 5.51. The summed E-state index contributed by atoms with van der Waals surface area (Å²) in [4.78, 5) is 36.1. The van der Waals surface area contributed by atoms with Crippen LogP contribution >= 0.6 is 0 Å². The van der Waals surface area contributed by atoms with Crippen LogP contribution < -0.4 is 15.4 Å². The van der Waals surface area contributed by atoms with Gasteiger partial charge in [-0.15, -0.1) is 0 Å². The van der Waals surface area contributed by atoms with Crippen molar-refractivity contribution < 1.29 is 23.9 Å². The van der Waals surface area contributed by atoms with E-state index in [2.05, 4.69) is 10.6 Å². The number of rotatable bonds is 10. The molecule has 7 heteroatoms. The zero-order valence-electron chi connectivity index (χ0n) is 20.2. The molecule has 0 unspecified atom stereocenters. The molecule has 0 saturated carbocycles. The minimum absolute atomic E-state index is 0.0492. The number of amides is 2. The zero-order chi connectivity index (χ0) is 25.2. The summed E-state index contributed by atoms with van der Waals surface area (Å²) < 4.78 is 10.8. The number of benzene rings is 3. The van der Waals surface area contributed by atoms with Crippen LogP contribution in [0.25, 0.3) is 0 Å². The Morgan fingerprint density at radius 1 is 0.714 bits per heavy atom. The average molecular weight is 475 g/mol. The molecule has 0 spiro atoms. The first kappa shape index (κ1) is 25.5. The van der Waals surface area contributed by atoms with Gasteiger partial charge in [-0.2, -0.15) is 0 Å². The summed E-state index contributed by atoms with van der Waals surface area (Å²) >= 11 is 0. The molecule has 0 bridgehead atoms. The van der Waals surface area contributed by atoms with E-state index in [1.165, 1.54) is 0 Å². The van der Waals surface area contributed by atoms with Crippen molar-refractivity contribution in [3.8, 4) is 11.5 Å². The van der Waals surface area contributed by atoms with Crippen LogP contribution in [0, 0.1) is 20.8 Å². The molecule has 0 atom stereocenters. The first-order valence-electron chi connectivity index (χ1n) is 11.5. The maximum atomic E-state index is 12.2. The van der Waals surface area contributed by atoms with Gasteiger partial charge in [-0.1, -0.05) is 35.4 Å². The highest BCUT2D eigenvalue weighted by molar-refractivity contribution is 5.93. The molecule has 0 aliphatic carbocycles. The molecule has 3 aromatic rings. The van der Waals surface area contributed by atoms with E-state index in [0.29, 0.717) is 23.5 Å². The van der Waals surface area contributed by atoms with Gasteiger partial charge >= 0.3 is 5.97 Å². The number of carbonyl (C=O) groups is 3.